The summed E-state index contributed by atoms with van der Waals surface area (Å²) in [6.45, 7) is 3.14. The van der Waals surface area contributed by atoms with Gasteiger partial charge >= 0.3 is 0 Å². The number of rotatable bonds is 3. The molecule has 2 aliphatic heterocycles. The highest BCUT2D eigenvalue weighted by Crippen LogP contribution is 2.23. The molecule has 0 radical (unpaired) electrons. The molecule has 3 heterocycles. The molecule has 1 aromatic heterocycles. The Morgan fingerprint density at radius 3 is 2.23 bits per heavy atom. The SMILES string of the molecule is O=C(c1cccc(-n2cccc2)c1)N1CCC(C(=O)N2CCCC2)CC1. The van der Waals surface area contributed by atoms with E-state index in [-0.39, 0.29) is 11.8 Å². The highest BCUT2D eigenvalue weighted by molar-refractivity contribution is 5.95. The number of carbonyl (C=O) groups is 2. The van der Waals surface area contributed by atoms with Crippen LogP contribution < -0.4 is 0 Å². The lowest BCUT2D eigenvalue weighted by molar-refractivity contribution is -0.135. The second-order valence-electron chi connectivity index (χ2n) is 7.24. The quantitative estimate of drug-likeness (QED) is 0.853. The van der Waals surface area contributed by atoms with E-state index < -0.39 is 0 Å². The third-order valence-corrected chi connectivity index (χ3v) is 5.54. The summed E-state index contributed by atoms with van der Waals surface area (Å²) in [7, 11) is 0. The van der Waals surface area contributed by atoms with Crippen LogP contribution in [-0.2, 0) is 4.79 Å². The summed E-state index contributed by atoms with van der Waals surface area (Å²) in [4.78, 5) is 29.3. The van der Waals surface area contributed by atoms with E-state index in [1.54, 1.807) is 0 Å². The van der Waals surface area contributed by atoms with Crippen LogP contribution in [0.2, 0.25) is 0 Å². The summed E-state index contributed by atoms with van der Waals surface area (Å²) in [5.41, 5.74) is 1.69. The van der Waals surface area contributed by atoms with Gasteiger partial charge in [0.2, 0.25) is 5.91 Å². The summed E-state index contributed by atoms with van der Waals surface area (Å²) >= 11 is 0. The van der Waals surface area contributed by atoms with Crippen molar-refractivity contribution in [3.63, 3.8) is 0 Å². The molecular weight excluding hydrogens is 326 g/mol. The van der Waals surface area contributed by atoms with Crippen molar-refractivity contribution in [1.82, 2.24) is 14.4 Å². The number of hydrogen-bond acceptors (Lipinski definition) is 2. The monoisotopic (exact) mass is 351 g/mol. The van der Waals surface area contributed by atoms with Gasteiger partial charge in [-0.25, -0.2) is 0 Å². The molecule has 136 valence electrons. The molecule has 4 rings (SSSR count). The Bertz CT molecular complexity index is 770. The average molecular weight is 351 g/mol. The van der Waals surface area contributed by atoms with Crippen LogP contribution in [0.1, 0.15) is 36.0 Å². The molecule has 2 aromatic rings. The van der Waals surface area contributed by atoms with Gasteiger partial charge in [-0.3, -0.25) is 9.59 Å². The second kappa shape index (κ2) is 7.36. The van der Waals surface area contributed by atoms with Crippen molar-refractivity contribution in [2.24, 2.45) is 5.92 Å². The molecule has 0 spiro atoms. The zero-order valence-electron chi connectivity index (χ0n) is 15.0. The number of piperidine rings is 1. The second-order valence-corrected chi connectivity index (χ2v) is 7.24. The molecule has 0 atom stereocenters. The Morgan fingerprint density at radius 2 is 1.54 bits per heavy atom. The zero-order chi connectivity index (χ0) is 17.9. The highest BCUT2D eigenvalue weighted by atomic mass is 16.2. The zero-order valence-corrected chi connectivity index (χ0v) is 15.0. The van der Waals surface area contributed by atoms with Gasteiger partial charge in [-0.15, -0.1) is 0 Å². The van der Waals surface area contributed by atoms with Crippen molar-refractivity contribution in [3.8, 4) is 5.69 Å². The first-order valence-electron chi connectivity index (χ1n) is 9.54. The van der Waals surface area contributed by atoms with Crippen molar-refractivity contribution in [2.75, 3.05) is 26.2 Å². The van der Waals surface area contributed by atoms with E-state index in [9.17, 15) is 9.59 Å². The topological polar surface area (TPSA) is 45.6 Å². The molecule has 5 nitrogen and oxygen atoms in total. The maximum absolute atomic E-state index is 12.9. The fourth-order valence-electron chi connectivity index (χ4n) is 4.01. The van der Waals surface area contributed by atoms with E-state index in [1.807, 2.05) is 63.2 Å². The highest BCUT2D eigenvalue weighted by Gasteiger charge is 2.31. The van der Waals surface area contributed by atoms with Crippen LogP contribution in [0.5, 0.6) is 0 Å². The fraction of sp³-hybridized carbons (Fsp3) is 0.429. The van der Waals surface area contributed by atoms with Gasteiger partial charge in [0, 0.05) is 55.7 Å². The van der Waals surface area contributed by atoms with Gasteiger partial charge in [0.15, 0.2) is 0 Å². The number of aromatic nitrogens is 1. The number of benzene rings is 1. The third-order valence-electron chi connectivity index (χ3n) is 5.54. The molecule has 0 N–H and O–H groups in total. The minimum Gasteiger partial charge on any atom is -0.342 e. The maximum Gasteiger partial charge on any atom is 0.253 e. The summed E-state index contributed by atoms with van der Waals surface area (Å²) in [6.07, 6.45) is 7.75. The molecule has 2 saturated heterocycles. The lowest BCUT2D eigenvalue weighted by Gasteiger charge is -2.33. The molecule has 2 aliphatic rings. The van der Waals surface area contributed by atoms with Crippen LogP contribution in [0.3, 0.4) is 0 Å². The molecule has 2 fully saturated rings. The van der Waals surface area contributed by atoms with E-state index in [2.05, 4.69) is 0 Å². The van der Waals surface area contributed by atoms with Crippen molar-refractivity contribution in [1.29, 1.82) is 0 Å². The molecule has 1 aromatic carbocycles. The minimum atomic E-state index is 0.0612. The molecule has 26 heavy (non-hydrogen) atoms. The fourth-order valence-corrected chi connectivity index (χ4v) is 4.01. The van der Waals surface area contributed by atoms with Crippen molar-refractivity contribution in [3.05, 3.63) is 54.4 Å². The summed E-state index contributed by atoms with van der Waals surface area (Å²) in [5.74, 6) is 0.443. The van der Waals surface area contributed by atoms with Crippen LogP contribution >= 0.6 is 0 Å². The summed E-state index contributed by atoms with van der Waals surface area (Å²) in [6, 6.07) is 11.7. The van der Waals surface area contributed by atoms with E-state index in [1.165, 1.54) is 0 Å². The van der Waals surface area contributed by atoms with Crippen LogP contribution in [0.25, 0.3) is 5.69 Å². The minimum absolute atomic E-state index is 0.0612. The first-order valence-corrected chi connectivity index (χ1v) is 9.54. The molecular formula is C21H25N3O2. The van der Waals surface area contributed by atoms with E-state index in [0.29, 0.717) is 24.6 Å². The molecule has 5 heteroatoms. The van der Waals surface area contributed by atoms with Crippen molar-refractivity contribution < 1.29 is 9.59 Å². The van der Waals surface area contributed by atoms with Crippen LogP contribution in [0.4, 0.5) is 0 Å². The number of amides is 2. The van der Waals surface area contributed by atoms with Gasteiger partial charge in [-0.05, 0) is 56.0 Å². The van der Waals surface area contributed by atoms with E-state index >= 15 is 0 Å². The Balaban J connectivity index is 1.39. The molecule has 0 unspecified atom stereocenters. The van der Waals surface area contributed by atoms with Gasteiger partial charge in [0.1, 0.15) is 0 Å². The predicted octanol–water partition coefficient (Wildman–Crippen LogP) is 2.95. The molecule has 0 bridgehead atoms. The van der Waals surface area contributed by atoms with E-state index in [0.717, 1.165) is 44.5 Å². The average Bonchev–Trinajstić information content (AvgIpc) is 3.41. The Hall–Kier alpha value is -2.56. The number of nitrogens with zero attached hydrogens (tertiary/aromatic N) is 3. The number of likely N-dealkylation sites (tertiary alicyclic amines) is 2. The summed E-state index contributed by atoms with van der Waals surface area (Å²) < 4.78 is 2.00. The molecule has 0 aliphatic carbocycles. The first kappa shape index (κ1) is 16.9. The lowest BCUT2D eigenvalue weighted by atomic mass is 9.95. The summed E-state index contributed by atoms with van der Waals surface area (Å²) in [5, 5.41) is 0. The lowest BCUT2D eigenvalue weighted by Crippen LogP contribution is -2.43. The van der Waals surface area contributed by atoms with Gasteiger partial charge in [0.05, 0.1) is 0 Å². The Labute approximate surface area is 154 Å². The Morgan fingerprint density at radius 1 is 0.846 bits per heavy atom. The standard InChI is InChI=1S/C21H25N3O2/c25-20(23-12-3-4-13-23)17-8-14-24(15-9-17)21(26)18-6-5-7-19(16-18)22-10-1-2-11-22/h1-2,5-7,10-11,16-17H,3-4,8-9,12-15H2. The van der Waals surface area contributed by atoms with Crippen LogP contribution in [0, 0.1) is 5.92 Å². The largest absolute Gasteiger partial charge is 0.342 e. The first-order chi connectivity index (χ1) is 12.7. The van der Waals surface area contributed by atoms with Crippen LogP contribution in [0.15, 0.2) is 48.8 Å². The van der Waals surface area contributed by atoms with Gasteiger partial charge in [-0.2, -0.15) is 0 Å². The van der Waals surface area contributed by atoms with Gasteiger partial charge in [-0.1, -0.05) is 6.07 Å². The van der Waals surface area contributed by atoms with Crippen molar-refractivity contribution in [2.45, 2.75) is 25.7 Å². The third kappa shape index (κ3) is 3.39. The smallest absolute Gasteiger partial charge is 0.253 e. The predicted molar refractivity (Wildman–Crippen MR) is 100 cm³/mol. The normalized spacial score (nSPS) is 18.3. The van der Waals surface area contributed by atoms with Crippen molar-refractivity contribution >= 4 is 11.8 Å². The van der Waals surface area contributed by atoms with Crippen LogP contribution in [-0.4, -0.2) is 52.4 Å². The molecule has 2 amide bonds. The number of carbonyl (C=O) groups excluding carboxylic acids is 2. The van der Waals surface area contributed by atoms with E-state index in [4.69, 9.17) is 0 Å². The maximum atomic E-state index is 12.9. The van der Waals surface area contributed by atoms with Gasteiger partial charge in [0.25, 0.3) is 5.91 Å². The molecule has 0 saturated carbocycles. The van der Waals surface area contributed by atoms with Gasteiger partial charge < -0.3 is 14.4 Å². The Kier molecular flexibility index (Phi) is 4.78. The number of hydrogen-bond donors (Lipinski definition) is 0.